The van der Waals surface area contributed by atoms with E-state index in [1.54, 1.807) is 0 Å². The topological polar surface area (TPSA) is 47.6 Å². The zero-order valence-electron chi connectivity index (χ0n) is 10.9. The van der Waals surface area contributed by atoms with Crippen LogP contribution in [0.25, 0.3) is 0 Å². The van der Waals surface area contributed by atoms with Crippen LogP contribution in [0.1, 0.15) is 24.0 Å². The van der Waals surface area contributed by atoms with Crippen LogP contribution in [-0.4, -0.2) is 31.3 Å². The van der Waals surface area contributed by atoms with Crippen molar-refractivity contribution >= 4 is 5.97 Å². The minimum Gasteiger partial charge on any atom is -0.461 e. The van der Waals surface area contributed by atoms with Crippen molar-refractivity contribution in [3.8, 4) is 0 Å². The number of hydrogen-bond acceptors (Lipinski definition) is 4. The van der Waals surface area contributed by atoms with Crippen molar-refractivity contribution in [1.82, 2.24) is 5.32 Å². The number of esters is 1. The lowest BCUT2D eigenvalue weighted by Gasteiger charge is -2.28. The van der Waals surface area contributed by atoms with Crippen molar-refractivity contribution in [2.45, 2.75) is 38.0 Å². The molecule has 0 amide bonds. The zero-order chi connectivity index (χ0) is 13.1. The fourth-order valence-electron chi connectivity index (χ4n) is 2.66. The molecule has 0 spiro atoms. The third kappa shape index (κ3) is 2.96. The third-order valence-electron chi connectivity index (χ3n) is 3.82. The third-order valence-corrected chi connectivity index (χ3v) is 3.82. The van der Waals surface area contributed by atoms with E-state index in [1.807, 2.05) is 12.1 Å². The average molecular weight is 261 g/mol. The first kappa shape index (κ1) is 12.6. The molecule has 0 bridgehead atoms. The largest absolute Gasteiger partial charge is 0.461 e. The fourth-order valence-corrected chi connectivity index (χ4v) is 2.66. The molecule has 2 heterocycles. The Morgan fingerprint density at radius 3 is 2.74 bits per heavy atom. The van der Waals surface area contributed by atoms with Gasteiger partial charge in [-0.15, -0.1) is 0 Å². The van der Waals surface area contributed by atoms with E-state index < -0.39 is 0 Å². The van der Waals surface area contributed by atoms with Gasteiger partial charge in [-0.2, -0.15) is 0 Å². The zero-order valence-corrected chi connectivity index (χ0v) is 10.9. The fraction of sp³-hybridized carbons (Fsp3) is 0.533. The highest BCUT2D eigenvalue weighted by Crippen LogP contribution is 2.18. The quantitative estimate of drug-likeness (QED) is 0.818. The highest BCUT2D eigenvalue weighted by Gasteiger charge is 2.27. The maximum absolute atomic E-state index is 12.2. The van der Waals surface area contributed by atoms with E-state index in [2.05, 4.69) is 17.4 Å². The Morgan fingerprint density at radius 1 is 1.21 bits per heavy atom. The molecule has 2 aliphatic rings. The number of carbonyl (C=O) groups is 1. The number of hydrogen-bond donors (Lipinski definition) is 1. The molecule has 102 valence electrons. The van der Waals surface area contributed by atoms with Crippen molar-refractivity contribution in [3.63, 3.8) is 0 Å². The lowest BCUT2D eigenvalue weighted by atomic mass is 9.96. The van der Waals surface area contributed by atoms with Crippen molar-refractivity contribution in [1.29, 1.82) is 0 Å². The van der Waals surface area contributed by atoms with Gasteiger partial charge in [0, 0.05) is 19.4 Å². The van der Waals surface area contributed by atoms with Gasteiger partial charge in [0.15, 0.2) is 0 Å². The van der Waals surface area contributed by atoms with Gasteiger partial charge in [-0.25, -0.2) is 0 Å². The summed E-state index contributed by atoms with van der Waals surface area (Å²) < 4.78 is 10.8. The van der Waals surface area contributed by atoms with Crippen molar-refractivity contribution < 1.29 is 14.3 Å². The summed E-state index contributed by atoms with van der Waals surface area (Å²) in [6, 6.07) is 8.03. The van der Waals surface area contributed by atoms with Gasteiger partial charge < -0.3 is 14.8 Å². The summed E-state index contributed by atoms with van der Waals surface area (Å²) in [5.74, 6) is -0.124. The number of rotatable bonds is 2. The summed E-state index contributed by atoms with van der Waals surface area (Å²) in [5.41, 5.74) is 2.52. The van der Waals surface area contributed by atoms with Gasteiger partial charge >= 0.3 is 5.97 Å². The first-order chi connectivity index (χ1) is 9.33. The summed E-state index contributed by atoms with van der Waals surface area (Å²) in [7, 11) is 0. The Bertz CT molecular complexity index is 454. The minimum absolute atomic E-state index is 0.0280. The molecule has 1 aromatic carbocycles. The smallest absolute Gasteiger partial charge is 0.323 e. The molecular formula is C15H19NO3. The van der Waals surface area contributed by atoms with E-state index in [1.165, 1.54) is 11.1 Å². The van der Waals surface area contributed by atoms with E-state index in [9.17, 15) is 4.79 Å². The molecule has 1 atom stereocenters. The average Bonchev–Trinajstić information content (AvgIpc) is 2.48. The molecule has 4 heteroatoms. The van der Waals surface area contributed by atoms with Gasteiger partial charge in [-0.3, -0.25) is 4.79 Å². The predicted octanol–water partition coefficient (Wildman–Crippen LogP) is 1.42. The van der Waals surface area contributed by atoms with Gasteiger partial charge in [0.1, 0.15) is 12.1 Å². The molecule has 0 aromatic heterocycles. The molecule has 1 aromatic rings. The van der Waals surface area contributed by atoms with Gasteiger partial charge in [0.2, 0.25) is 0 Å². The summed E-state index contributed by atoms with van der Waals surface area (Å²) >= 11 is 0. The van der Waals surface area contributed by atoms with E-state index >= 15 is 0 Å². The molecule has 0 aliphatic carbocycles. The van der Waals surface area contributed by atoms with Gasteiger partial charge in [0.05, 0.1) is 13.2 Å². The van der Waals surface area contributed by atoms with Gasteiger partial charge in [0.25, 0.3) is 0 Å². The maximum Gasteiger partial charge on any atom is 0.323 e. The van der Waals surface area contributed by atoms with E-state index in [0.29, 0.717) is 13.2 Å². The standard InChI is InChI=1S/C15H19NO3/c17-15(19-13-5-7-18-8-6-13)14-9-11-3-1-2-4-12(11)10-16-14/h1-4,13-14,16H,5-10H2. The lowest BCUT2D eigenvalue weighted by molar-refractivity contribution is -0.155. The number of benzene rings is 1. The van der Waals surface area contributed by atoms with Crippen LogP contribution >= 0.6 is 0 Å². The van der Waals surface area contributed by atoms with Crippen LogP contribution in [0, 0.1) is 0 Å². The monoisotopic (exact) mass is 261 g/mol. The maximum atomic E-state index is 12.2. The highest BCUT2D eigenvalue weighted by molar-refractivity contribution is 5.76. The minimum atomic E-state index is -0.210. The molecule has 0 saturated carbocycles. The normalized spacial score (nSPS) is 23.7. The Kier molecular flexibility index (Phi) is 3.80. The van der Waals surface area contributed by atoms with Crippen LogP contribution in [0.15, 0.2) is 24.3 Å². The van der Waals surface area contributed by atoms with Gasteiger partial charge in [-0.1, -0.05) is 24.3 Å². The summed E-state index contributed by atoms with van der Waals surface area (Å²) in [5, 5.41) is 3.26. The number of carbonyl (C=O) groups excluding carboxylic acids is 1. The Labute approximate surface area is 113 Å². The number of fused-ring (bicyclic) bond motifs is 1. The second-order valence-corrected chi connectivity index (χ2v) is 5.15. The van der Waals surface area contributed by atoms with Crippen LogP contribution in [0.3, 0.4) is 0 Å². The predicted molar refractivity (Wildman–Crippen MR) is 70.7 cm³/mol. The van der Waals surface area contributed by atoms with E-state index in [4.69, 9.17) is 9.47 Å². The molecule has 0 radical (unpaired) electrons. The highest BCUT2D eigenvalue weighted by atomic mass is 16.6. The van der Waals surface area contributed by atoms with E-state index in [-0.39, 0.29) is 18.1 Å². The summed E-state index contributed by atoms with van der Waals surface area (Å²) in [6.45, 7) is 2.13. The molecule has 19 heavy (non-hydrogen) atoms. The van der Waals surface area contributed by atoms with Crippen LogP contribution in [0.2, 0.25) is 0 Å². The van der Waals surface area contributed by atoms with Gasteiger partial charge in [-0.05, 0) is 17.5 Å². The van der Waals surface area contributed by atoms with Crippen molar-refractivity contribution in [2.24, 2.45) is 0 Å². The summed E-state index contributed by atoms with van der Waals surface area (Å²) in [6.07, 6.45) is 2.38. The SMILES string of the molecule is O=C(OC1CCOCC1)C1Cc2ccccc2CN1. The second kappa shape index (κ2) is 5.72. The van der Waals surface area contributed by atoms with Crippen LogP contribution in [-0.2, 0) is 27.2 Å². The van der Waals surface area contributed by atoms with Crippen molar-refractivity contribution in [3.05, 3.63) is 35.4 Å². The molecular weight excluding hydrogens is 242 g/mol. The first-order valence-electron chi connectivity index (χ1n) is 6.91. The summed E-state index contributed by atoms with van der Waals surface area (Å²) in [4.78, 5) is 12.2. The van der Waals surface area contributed by atoms with Crippen LogP contribution in [0.5, 0.6) is 0 Å². The van der Waals surface area contributed by atoms with E-state index in [0.717, 1.165) is 25.8 Å². The first-order valence-corrected chi connectivity index (χ1v) is 6.91. The molecule has 2 aliphatic heterocycles. The Morgan fingerprint density at radius 2 is 1.95 bits per heavy atom. The van der Waals surface area contributed by atoms with Crippen molar-refractivity contribution in [2.75, 3.05) is 13.2 Å². The molecule has 3 rings (SSSR count). The number of ether oxygens (including phenoxy) is 2. The molecule has 1 N–H and O–H groups in total. The Balaban J connectivity index is 1.59. The molecule has 4 nitrogen and oxygen atoms in total. The molecule has 1 fully saturated rings. The number of nitrogens with one attached hydrogen (secondary N) is 1. The Hall–Kier alpha value is -1.39. The second-order valence-electron chi connectivity index (χ2n) is 5.15. The van der Waals surface area contributed by atoms with Crippen LogP contribution in [0.4, 0.5) is 0 Å². The molecule has 1 unspecified atom stereocenters. The van der Waals surface area contributed by atoms with Crippen LogP contribution < -0.4 is 5.32 Å². The lowest BCUT2D eigenvalue weighted by Crippen LogP contribution is -2.44. The molecule has 1 saturated heterocycles.